The number of rotatable bonds is 5. The van der Waals surface area contributed by atoms with Gasteiger partial charge in [-0.15, -0.1) is 0 Å². The van der Waals surface area contributed by atoms with Gasteiger partial charge in [-0.3, -0.25) is 9.47 Å². The van der Waals surface area contributed by atoms with E-state index in [-0.39, 0.29) is 11.9 Å². The standard InChI is InChI=1S/C21H23FN4OS/c1-16-23-26(21(28)25(16)13-17-5-3-2-4-6-17)15-24-11-12-27-20(14-24)18-7-9-19(22)10-8-18/h2-10,20H,11-15H2,1H3. The van der Waals surface area contributed by atoms with Crippen molar-refractivity contribution in [1.82, 2.24) is 19.2 Å². The molecule has 0 amide bonds. The van der Waals surface area contributed by atoms with Crippen LogP contribution >= 0.6 is 12.2 Å². The van der Waals surface area contributed by atoms with Gasteiger partial charge >= 0.3 is 0 Å². The van der Waals surface area contributed by atoms with Crippen LogP contribution in [-0.2, 0) is 18.0 Å². The van der Waals surface area contributed by atoms with Gasteiger partial charge in [0.05, 0.1) is 25.9 Å². The molecule has 0 bridgehead atoms. The zero-order chi connectivity index (χ0) is 19.5. The summed E-state index contributed by atoms with van der Waals surface area (Å²) in [5, 5.41) is 4.65. The maximum Gasteiger partial charge on any atom is 0.199 e. The van der Waals surface area contributed by atoms with Crippen LogP contribution < -0.4 is 0 Å². The van der Waals surface area contributed by atoms with E-state index in [1.165, 1.54) is 17.7 Å². The second-order valence-corrected chi connectivity index (χ2v) is 7.40. The van der Waals surface area contributed by atoms with Gasteiger partial charge in [0, 0.05) is 13.1 Å². The molecule has 7 heteroatoms. The molecule has 2 heterocycles. The summed E-state index contributed by atoms with van der Waals surface area (Å²) in [6.07, 6.45) is -0.0731. The predicted octanol–water partition coefficient (Wildman–Crippen LogP) is 3.94. The highest BCUT2D eigenvalue weighted by Crippen LogP contribution is 2.23. The fourth-order valence-corrected chi connectivity index (χ4v) is 3.78. The van der Waals surface area contributed by atoms with Gasteiger partial charge in [-0.2, -0.15) is 5.10 Å². The lowest BCUT2D eigenvalue weighted by Gasteiger charge is -2.32. The quantitative estimate of drug-likeness (QED) is 0.610. The third-order valence-corrected chi connectivity index (χ3v) is 5.45. The topological polar surface area (TPSA) is 35.2 Å². The molecule has 4 rings (SSSR count). The number of benzene rings is 2. The third-order valence-electron chi connectivity index (χ3n) is 5.02. The van der Waals surface area contributed by atoms with Gasteiger partial charge in [-0.05, 0) is 42.4 Å². The van der Waals surface area contributed by atoms with Crippen LogP contribution in [0.25, 0.3) is 0 Å². The van der Waals surface area contributed by atoms with Crippen LogP contribution in [0, 0.1) is 17.5 Å². The van der Waals surface area contributed by atoms with Crippen LogP contribution in [0.1, 0.15) is 23.1 Å². The molecule has 0 spiro atoms. The Kier molecular flexibility index (Phi) is 5.66. The highest BCUT2D eigenvalue weighted by atomic mass is 32.1. The first-order chi connectivity index (χ1) is 13.6. The van der Waals surface area contributed by atoms with Gasteiger partial charge in [-0.25, -0.2) is 9.07 Å². The van der Waals surface area contributed by atoms with Crippen LogP contribution in [0.4, 0.5) is 4.39 Å². The van der Waals surface area contributed by atoms with E-state index in [0.717, 1.165) is 24.5 Å². The molecule has 2 aromatic carbocycles. The minimum Gasteiger partial charge on any atom is -0.371 e. The Morgan fingerprint density at radius 1 is 1.14 bits per heavy atom. The average Bonchev–Trinajstić information content (AvgIpc) is 2.97. The summed E-state index contributed by atoms with van der Waals surface area (Å²) in [7, 11) is 0. The number of nitrogens with zero attached hydrogens (tertiary/aromatic N) is 4. The molecule has 28 heavy (non-hydrogen) atoms. The van der Waals surface area contributed by atoms with Crippen LogP contribution in [0.3, 0.4) is 0 Å². The van der Waals surface area contributed by atoms with Crippen molar-refractivity contribution in [2.75, 3.05) is 19.7 Å². The normalized spacial score (nSPS) is 17.7. The molecule has 0 N–H and O–H groups in total. The van der Waals surface area contributed by atoms with E-state index >= 15 is 0 Å². The molecule has 146 valence electrons. The molecule has 1 aliphatic rings. The fraction of sp³-hybridized carbons (Fsp3) is 0.333. The summed E-state index contributed by atoms with van der Waals surface area (Å²) >= 11 is 5.68. The van der Waals surface area contributed by atoms with E-state index in [1.54, 1.807) is 12.1 Å². The predicted molar refractivity (Wildman–Crippen MR) is 108 cm³/mol. The Morgan fingerprint density at radius 3 is 2.64 bits per heavy atom. The molecule has 1 fully saturated rings. The molecule has 0 radical (unpaired) electrons. The van der Waals surface area contributed by atoms with E-state index in [9.17, 15) is 4.39 Å². The molecule has 0 saturated carbocycles. The molecular weight excluding hydrogens is 375 g/mol. The Labute approximate surface area is 169 Å². The van der Waals surface area contributed by atoms with E-state index in [4.69, 9.17) is 17.0 Å². The van der Waals surface area contributed by atoms with Gasteiger partial charge < -0.3 is 4.74 Å². The number of hydrogen-bond donors (Lipinski definition) is 0. The average molecular weight is 399 g/mol. The molecule has 3 aromatic rings. The van der Waals surface area contributed by atoms with Crippen molar-refractivity contribution in [2.24, 2.45) is 0 Å². The first kappa shape index (κ1) is 19.0. The van der Waals surface area contributed by atoms with Crippen molar-refractivity contribution < 1.29 is 9.13 Å². The summed E-state index contributed by atoms with van der Waals surface area (Å²) in [5.74, 6) is 0.666. The van der Waals surface area contributed by atoms with Gasteiger partial charge in [0.15, 0.2) is 4.77 Å². The van der Waals surface area contributed by atoms with Crippen molar-refractivity contribution in [3.63, 3.8) is 0 Å². The number of halogens is 1. The highest BCUT2D eigenvalue weighted by Gasteiger charge is 2.23. The first-order valence-electron chi connectivity index (χ1n) is 9.38. The Hall–Kier alpha value is -2.35. The number of aryl methyl sites for hydroxylation is 1. The molecule has 1 aliphatic heterocycles. The zero-order valence-corrected chi connectivity index (χ0v) is 16.6. The van der Waals surface area contributed by atoms with Gasteiger partial charge in [0.1, 0.15) is 11.6 Å². The number of morpholine rings is 1. The highest BCUT2D eigenvalue weighted by molar-refractivity contribution is 7.71. The molecule has 1 saturated heterocycles. The monoisotopic (exact) mass is 398 g/mol. The van der Waals surface area contributed by atoms with Crippen LogP contribution in [0.15, 0.2) is 54.6 Å². The largest absolute Gasteiger partial charge is 0.371 e. The second kappa shape index (κ2) is 8.34. The Morgan fingerprint density at radius 2 is 1.89 bits per heavy atom. The number of aromatic nitrogens is 3. The van der Waals surface area contributed by atoms with Crippen molar-refractivity contribution in [3.8, 4) is 0 Å². The summed E-state index contributed by atoms with van der Waals surface area (Å²) in [6, 6.07) is 16.8. The van der Waals surface area contributed by atoms with Crippen molar-refractivity contribution in [2.45, 2.75) is 26.2 Å². The maximum absolute atomic E-state index is 13.2. The molecule has 5 nitrogen and oxygen atoms in total. The molecule has 1 atom stereocenters. The van der Waals surface area contributed by atoms with Crippen LogP contribution in [-0.4, -0.2) is 38.9 Å². The SMILES string of the molecule is Cc1nn(CN2CCOC(c3ccc(F)cc3)C2)c(=S)n1Cc1ccccc1. The van der Waals surface area contributed by atoms with E-state index in [1.807, 2.05) is 29.8 Å². The lowest BCUT2D eigenvalue weighted by Crippen LogP contribution is -2.39. The van der Waals surface area contributed by atoms with Crippen molar-refractivity contribution in [1.29, 1.82) is 0 Å². The first-order valence-corrected chi connectivity index (χ1v) is 9.78. The van der Waals surface area contributed by atoms with E-state index < -0.39 is 0 Å². The third kappa shape index (κ3) is 4.22. The number of ether oxygens (including phenoxy) is 1. The summed E-state index contributed by atoms with van der Waals surface area (Å²) in [6.45, 7) is 5.46. The van der Waals surface area contributed by atoms with Gasteiger partial charge in [0.25, 0.3) is 0 Å². The summed E-state index contributed by atoms with van der Waals surface area (Å²) in [5.41, 5.74) is 2.18. The van der Waals surface area contributed by atoms with Crippen molar-refractivity contribution in [3.05, 3.63) is 82.1 Å². The molecular formula is C21H23FN4OS. The summed E-state index contributed by atoms with van der Waals surface area (Å²) in [4.78, 5) is 2.27. The minimum atomic E-state index is -0.234. The Bertz CT molecular complexity index is 984. The Balaban J connectivity index is 1.47. The van der Waals surface area contributed by atoms with E-state index in [2.05, 4.69) is 26.7 Å². The molecule has 1 aromatic heterocycles. The molecule has 1 unspecified atom stereocenters. The van der Waals surface area contributed by atoms with E-state index in [0.29, 0.717) is 24.6 Å². The zero-order valence-electron chi connectivity index (χ0n) is 15.8. The maximum atomic E-state index is 13.2. The molecule has 0 aliphatic carbocycles. The fourth-order valence-electron chi connectivity index (χ4n) is 3.49. The summed E-state index contributed by atoms with van der Waals surface area (Å²) < 4.78 is 23.7. The number of hydrogen-bond acceptors (Lipinski definition) is 4. The second-order valence-electron chi connectivity index (χ2n) is 7.03. The van der Waals surface area contributed by atoms with Gasteiger partial charge in [0.2, 0.25) is 0 Å². The lowest BCUT2D eigenvalue weighted by molar-refractivity contribution is -0.0419. The van der Waals surface area contributed by atoms with Crippen molar-refractivity contribution >= 4 is 12.2 Å². The minimum absolute atomic E-state index is 0.0731. The van der Waals surface area contributed by atoms with Gasteiger partial charge in [-0.1, -0.05) is 42.5 Å². The smallest absolute Gasteiger partial charge is 0.199 e. The lowest BCUT2D eigenvalue weighted by atomic mass is 10.1. The van der Waals surface area contributed by atoms with Crippen LogP contribution in [0.2, 0.25) is 0 Å². The van der Waals surface area contributed by atoms with Crippen LogP contribution in [0.5, 0.6) is 0 Å².